The fourth-order valence-corrected chi connectivity index (χ4v) is 1.62. The van der Waals surface area contributed by atoms with Crippen LogP contribution < -0.4 is 5.32 Å². The maximum Gasteiger partial charge on any atom is 0.311 e. The van der Waals surface area contributed by atoms with Gasteiger partial charge in [0.25, 0.3) is 0 Å². The number of carbonyl (C=O) groups excluding carboxylic acids is 1. The van der Waals surface area contributed by atoms with Gasteiger partial charge in [-0.25, -0.2) is 0 Å². The number of carboxylic acid groups (broad SMARTS) is 1. The van der Waals surface area contributed by atoms with Gasteiger partial charge in [0.2, 0.25) is 5.91 Å². The van der Waals surface area contributed by atoms with E-state index in [2.05, 4.69) is 5.32 Å². The van der Waals surface area contributed by atoms with Gasteiger partial charge >= 0.3 is 5.97 Å². The predicted octanol–water partition coefficient (Wildman–Crippen LogP) is 1.55. The number of carboxylic acids is 1. The average Bonchev–Trinajstić information content (AvgIpc) is 2.35. The lowest BCUT2D eigenvalue weighted by atomic mass is 9.94. The summed E-state index contributed by atoms with van der Waals surface area (Å²) in [5, 5.41) is 11.6. The van der Waals surface area contributed by atoms with Gasteiger partial charge in [0, 0.05) is 13.5 Å². The predicted molar refractivity (Wildman–Crippen MR) is 64.9 cm³/mol. The van der Waals surface area contributed by atoms with Crippen molar-refractivity contribution < 1.29 is 14.7 Å². The molecule has 0 aliphatic rings. The number of benzene rings is 1. The summed E-state index contributed by atoms with van der Waals surface area (Å²) < 4.78 is 0. The van der Waals surface area contributed by atoms with Crippen molar-refractivity contribution in [2.45, 2.75) is 25.7 Å². The molecule has 0 saturated heterocycles. The number of nitrogens with one attached hydrogen (secondary N) is 1. The van der Waals surface area contributed by atoms with Gasteiger partial charge in [0.15, 0.2) is 0 Å². The van der Waals surface area contributed by atoms with Gasteiger partial charge in [-0.3, -0.25) is 9.59 Å². The second-order valence-electron chi connectivity index (χ2n) is 3.86. The molecule has 0 aliphatic carbocycles. The van der Waals surface area contributed by atoms with E-state index in [0.29, 0.717) is 5.56 Å². The smallest absolute Gasteiger partial charge is 0.311 e. The van der Waals surface area contributed by atoms with Crippen LogP contribution in [0.3, 0.4) is 0 Å². The maximum absolute atomic E-state index is 11.2. The van der Waals surface area contributed by atoms with Crippen molar-refractivity contribution in [1.82, 2.24) is 5.32 Å². The van der Waals surface area contributed by atoms with Crippen LogP contribution in [0, 0.1) is 0 Å². The molecule has 92 valence electrons. The minimum atomic E-state index is -0.974. The Morgan fingerprint density at radius 1 is 1.29 bits per heavy atom. The number of hydrogen-bond donors (Lipinski definition) is 2. The number of hydrogen-bond acceptors (Lipinski definition) is 2. The Hall–Kier alpha value is -1.84. The van der Waals surface area contributed by atoms with Crippen molar-refractivity contribution in [3.63, 3.8) is 0 Å². The highest BCUT2D eigenvalue weighted by Gasteiger charge is 2.22. The van der Waals surface area contributed by atoms with Crippen molar-refractivity contribution in [2.75, 3.05) is 7.05 Å². The van der Waals surface area contributed by atoms with Crippen molar-refractivity contribution in [2.24, 2.45) is 0 Å². The van der Waals surface area contributed by atoms with Crippen molar-refractivity contribution in [1.29, 1.82) is 0 Å². The lowest BCUT2D eigenvalue weighted by Crippen LogP contribution is -2.24. The van der Waals surface area contributed by atoms with Crippen molar-refractivity contribution >= 4 is 11.9 Å². The highest BCUT2D eigenvalue weighted by molar-refractivity contribution is 5.85. The zero-order valence-corrected chi connectivity index (χ0v) is 10.1. The van der Waals surface area contributed by atoms with E-state index >= 15 is 0 Å². The van der Waals surface area contributed by atoms with E-state index in [0.717, 1.165) is 12.0 Å². The van der Waals surface area contributed by atoms with Crippen molar-refractivity contribution in [3.8, 4) is 0 Å². The molecular formula is C13H17NO3. The number of amides is 1. The Balaban J connectivity index is 2.89. The van der Waals surface area contributed by atoms with Crippen LogP contribution in [0.2, 0.25) is 0 Å². The summed E-state index contributed by atoms with van der Waals surface area (Å²) in [7, 11) is 1.50. The fraction of sp³-hybridized carbons (Fsp3) is 0.385. The van der Waals surface area contributed by atoms with E-state index < -0.39 is 11.9 Å². The third-order valence-electron chi connectivity index (χ3n) is 2.76. The lowest BCUT2D eigenvalue weighted by molar-refractivity contribution is -0.140. The van der Waals surface area contributed by atoms with E-state index in [1.807, 2.05) is 19.1 Å². The molecule has 1 rings (SSSR count). The number of rotatable bonds is 5. The molecule has 1 amide bonds. The Morgan fingerprint density at radius 2 is 1.88 bits per heavy atom. The van der Waals surface area contributed by atoms with Crippen LogP contribution in [0.5, 0.6) is 0 Å². The van der Waals surface area contributed by atoms with Crippen LogP contribution in [-0.2, 0) is 16.0 Å². The Bertz CT molecular complexity index is 398. The maximum atomic E-state index is 11.2. The summed E-state index contributed by atoms with van der Waals surface area (Å²) in [5.74, 6) is -2.02. The molecule has 4 heteroatoms. The molecule has 17 heavy (non-hydrogen) atoms. The first-order valence-corrected chi connectivity index (χ1v) is 5.60. The standard InChI is InChI=1S/C13H17NO3/c1-3-9-4-6-10(7-5-9)11(13(16)17)8-12(15)14-2/h4-7,11H,3,8H2,1-2H3,(H,14,15)(H,16,17). The summed E-state index contributed by atoms with van der Waals surface area (Å²) in [6.45, 7) is 2.04. The highest BCUT2D eigenvalue weighted by atomic mass is 16.4. The SMILES string of the molecule is CCc1ccc(C(CC(=O)NC)C(=O)O)cc1. The second kappa shape index (κ2) is 6.03. The van der Waals surface area contributed by atoms with Crippen molar-refractivity contribution in [3.05, 3.63) is 35.4 Å². The quantitative estimate of drug-likeness (QED) is 0.813. The topological polar surface area (TPSA) is 66.4 Å². The molecule has 0 saturated carbocycles. The molecular weight excluding hydrogens is 218 g/mol. The molecule has 0 bridgehead atoms. The molecule has 0 spiro atoms. The van der Waals surface area contributed by atoms with Gasteiger partial charge in [-0.05, 0) is 17.5 Å². The van der Waals surface area contributed by atoms with Crippen LogP contribution in [0.25, 0.3) is 0 Å². The largest absolute Gasteiger partial charge is 0.481 e. The molecule has 2 N–H and O–H groups in total. The van der Waals surface area contributed by atoms with Gasteiger partial charge < -0.3 is 10.4 Å². The van der Waals surface area contributed by atoms with E-state index in [-0.39, 0.29) is 12.3 Å². The van der Waals surface area contributed by atoms with Gasteiger partial charge in [-0.15, -0.1) is 0 Å². The molecule has 0 radical (unpaired) electrons. The van der Waals surface area contributed by atoms with Gasteiger partial charge in [-0.1, -0.05) is 31.2 Å². The number of aryl methyl sites for hydroxylation is 1. The summed E-state index contributed by atoms with van der Waals surface area (Å²) in [6, 6.07) is 7.35. The minimum absolute atomic E-state index is 0.0305. The van der Waals surface area contributed by atoms with E-state index in [1.54, 1.807) is 12.1 Å². The van der Waals surface area contributed by atoms with Gasteiger partial charge in [0.05, 0.1) is 5.92 Å². The van der Waals surface area contributed by atoms with E-state index in [4.69, 9.17) is 5.11 Å². The molecule has 1 unspecified atom stereocenters. The first kappa shape index (κ1) is 13.2. The highest BCUT2D eigenvalue weighted by Crippen LogP contribution is 2.20. The summed E-state index contributed by atoms with van der Waals surface area (Å²) >= 11 is 0. The van der Waals surface area contributed by atoms with Crippen LogP contribution in [0.15, 0.2) is 24.3 Å². The normalized spacial score (nSPS) is 11.9. The first-order chi connectivity index (χ1) is 8.08. The fourth-order valence-electron chi connectivity index (χ4n) is 1.62. The molecule has 1 aromatic carbocycles. The van der Waals surface area contributed by atoms with Crippen LogP contribution in [0.1, 0.15) is 30.4 Å². The Morgan fingerprint density at radius 3 is 2.29 bits per heavy atom. The molecule has 4 nitrogen and oxygen atoms in total. The molecule has 1 atom stereocenters. The number of aliphatic carboxylic acids is 1. The van der Waals surface area contributed by atoms with E-state index in [1.165, 1.54) is 7.05 Å². The van der Waals surface area contributed by atoms with Crippen LogP contribution in [0.4, 0.5) is 0 Å². The third kappa shape index (κ3) is 3.59. The summed E-state index contributed by atoms with van der Waals surface area (Å²) in [4.78, 5) is 22.4. The first-order valence-electron chi connectivity index (χ1n) is 5.60. The molecule has 0 aliphatic heterocycles. The summed E-state index contributed by atoms with van der Waals surface area (Å²) in [6.07, 6.45) is 0.880. The zero-order valence-electron chi connectivity index (χ0n) is 10.1. The molecule has 1 aromatic rings. The monoisotopic (exact) mass is 235 g/mol. The number of carbonyl (C=O) groups is 2. The van der Waals surface area contributed by atoms with Gasteiger partial charge in [0.1, 0.15) is 0 Å². The minimum Gasteiger partial charge on any atom is -0.481 e. The molecule has 0 heterocycles. The molecule has 0 aromatic heterocycles. The van der Waals surface area contributed by atoms with Gasteiger partial charge in [-0.2, -0.15) is 0 Å². The van der Waals surface area contributed by atoms with Crippen LogP contribution in [-0.4, -0.2) is 24.0 Å². The van der Waals surface area contributed by atoms with E-state index in [9.17, 15) is 9.59 Å². The second-order valence-corrected chi connectivity index (χ2v) is 3.86. The lowest BCUT2D eigenvalue weighted by Gasteiger charge is -2.12. The average molecular weight is 235 g/mol. The Labute approximate surface area is 101 Å². The third-order valence-corrected chi connectivity index (χ3v) is 2.76. The summed E-state index contributed by atoms with van der Waals surface area (Å²) in [5.41, 5.74) is 1.82. The zero-order chi connectivity index (χ0) is 12.8. The van der Waals surface area contributed by atoms with Crippen LogP contribution >= 0.6 is 0 Å². The molecule has 0 fully saturated rings. The Kier molecular flexibility index (Phi) is 4.69.